The summed E-state index contributed by atoms with van der Waals surface area (Å²) in [4.78, 5) is 0. The molecule has 0 saturated carbocycles. The summed E-state index contributed by atoms with van der Waals surface area (Å²) in [6.07, 6.45) is 4.00. The molecular formula is C12H14Cl2O. The highest BCUT2D eigenvalue weighted by Gasteiger charge is 2.36. The molecule has 1 aromatic carbocycles. The van der Waals surface area contributed by atoms with Crippen LogP contribution in [0.4, 0.5) is 0 Å². The van der Waals surface area contributed by atoms with Gasteiger partial charge in [0.25, 0.3) is 0 Å². The van der Waals surface area contributed by atoms with Crippen molar-refractivity contribution in [3.63, 3.8) is 0 Å². The third-order valence-electron chi connectivity index (χ3n) is 2.82. The van der Waals surface area contributed by atoms with E-state index in [-0.39, 0.29) is 0 Å². The Morgan fingerprint density at radius 1 is 1.27 bits per heavy atom. The predicted molar refractivity (Wildman–Crippen MR) is 63.7 cm³/mol. The second-order valence-electron chi connectivity index (χ2n) is 3.87. The number of benzene rings is 1. The van der Waals surface area contributed by atoms with Gasteiger partial charge in [0.1, 0.15) is 0 Å². The largest absolute Gasteiger partial charge is 0.370 e. The lowest BCUT2D eigenvalue weighted by molar-refractivity contribution is 0.360. The summed E-state index contributed by atoms with van der Waals surface area (Å²) in [5.74, 6) is 0. The smallest absolute Gasteiger partial charge is 0.0845 e. The van der Waals surface area contributed by atoms with E-state index in [0.717, 1.165) is 24.8 Å². The van der Waals surface area contributed by atoms with Gasteiger partial charge < -0.3 is 4.74 Å². The Hall–Kier alpha value is -0.240. The van der Waals surface area contributed by atoms with E-state index in [1.54, 1.807) is 0 Å². The molecule has 0 bridgehead atoms. The predicted octanol–water partition coefficient (Wildman–Crippen LogP) is 4.10. The van der Waals surface area contributed by atoms with Gasteiger partial charge in [0.05, 0.1) is 22.3 Å². The van der Waals surface area contributed by atoms with Gasteiger partial charge in [-0.3, -0.25) is 0 Å². The molecule has 2 atom stereocenters. The highest BCUT2D eigenvalue weighted by atomic mass is 35.5. The number of aryl methyl sites for hydroxylation is 1. The first-order valence-electron chi connectivity index (χ1n) is 5.30. The van der Waals surface area contributed by atoms with E-state index >= 15 is 0 Å². The first kappa shape index (κ1) is 11.3. The number of ether oxygens (including phenoxy) is 1. The minimum Gasteiger partial charge on any atom is -0.370 e. The molecular weight excluding hydrogens is 231 g/mol. The van der Waals surface area contributed by atoms with Crippen LogP contribution in [-0.4, -0.2) is 12.2 Å². The molecule has 2 unspecified atom stereocenters. The average Bonchev–Trinajstić information content (AvgIpc) is 2.99. The molecule has 1 nitrogen and oxygen atoms in total. The summed E-state index contributed by atoms with van der Waals surface area (Å²) in [6, 6.07) is 5.78. The summed E-state index contributed by atoms with van der Waals surface area (Å²) >= 11 is 12.0. The number of halogens is 2. The van der Waals surface area contributed by atoms with Crippen LogP contribution in [-0.2, 0) is 11.2 Å². The SMILES string of the molecule is CCC1OC1CCc1cccc(Cl)c1Cl. The van der Waals surface area contributed by atoms with Crippen LogP contribution in [0.15, 0.2) is 18.2 Å². The quantitative estimate of drug-likeness (QED) is 0.727. The van der Waals surface area contributed by atoms with Crippen LogP contribution in [0.1, 0.15) is 25.3 Å². The van der Waals surface area contributed by atoms with Crippen LogP contribution in [0.2, 0.25) is 10.0 Å². The van der Waals surface area contributed by atoms with E-state index in [0.29, 0.717) is 22.3 Å². The zero-order valence-corrected chi connectivity index (χ0v) is 10.2. The fourth-order valence-electron chi connectivity index (χ4n) is 1.83. The summed E-state index contributed by atoms with van der Waals surface area (Å²) in [7, 11) is 0. The van der Waals surface area contributed by atoms with E-state index in [9.17, 15) is 0 Å². The van der Waals surface area contributed by atoms with Gasteiger partial charge in [-0.2, -0.15) is 0 Å². The highest BCUT2D eigenvalue weighted by molar-refractivity contribution is 6.42. The molecule has 1 fully saturated rings. The molecule has 0 radical (unpaired) electrons. The second kappa shape index (κ2) is 4.73. The average molecular weight is 245 g/mol. The topological polar surface area (TPSA) is 12.5 Å². The van der Waals surface area contributed by atoms with Gasteiger partial charge >= 0.3 is 0 Å². The normalized spacial score (nSPS) is 24.2. The molecule has 3 heteroatoms. The zero-order valence-electron chi connectivity index (χ0n) is 8.67. The van der Waals surface area contributed by atoms with Crippen molar-refractivity contribution in [3.8, 4) is 0 Å². The van der Waals surface area contributed by atoms with Crippen molar-refractivity contribution in [3.05, 3.63) is 33.8 Å². The summed E-state index contributed by atoms with van der Waals surface area (Å²) < 4.78 is 5.48. The van der Waals surface area contributed by atoms with Crippen LogP contribution in [0.25, 0.3) is 0 Å². The third-order valence-corrected chi connectivity index (χ3v) is 3.68. The number of hydrogen-bond donors (Lipinski definition) is 0. The fraction of sp³-hybridized carbons (Fsp3) is 0.500. The van der Waals surface area contributed by atoms with E-state index in [4.69, 9.17) is 27.9 Å². The van der Waals surface area contributed by atoms with E-state index in [2.05, 4.69) is 6.92 Å². The van der Waals surface area contributed by atoms with Crippen molar-refractivity contribution in [2.75, 3.05) is 0 Å². The van der Waals surface area contributed by atoms with E-state index in [1.165, 1.54) is 0 Å². The number of hydrogen-bond acceptors (Lipinski definition) is 1. The lowest BCUT2D eigenvalue weighted by Crippen LogP contribution is -1.96. The van der Waals surface area contributed by atoms with Crippen molar-refractivity contribution in [2.24, 2.45) is 0 Å². The number of epoxide rings is 1. The zero-order chi connectivity index (χ0) is 10.8. The molecule has 0 amide bonds. The molecule has 1 aliphatic rings. The summed E-state index contributed by atoms with van der Waals surface area (Å²) in [5, 5.41) is 1.32. The van der Waals surface area contributed by atoms with Gasteiger partial charge in [0, 0.05) is 0 Å². The van der Waals surface area contributed by atoms with Gasteiger partial charge in [0.2, 0.25) is 0 Å². The van der Waals surface area contributed by atoms with Crippen LogP contribution >= 0.6 is 23.2 Å². The maximum absolute atomic E-state index is 6.09. The monoisotopic (exact) mass is 244 g/mol. The first-order chi connectivity index (χ1) is 7.22. The van der Waals surface area contributed by atoms with E-state index in [1.807, 2.05) is 18.2 Å². The summed E-state index contributed by atoms with van der Waals surface area (Å²) in [6.45, 7) is 2.15. The molecule has 15 heavy (non-hydrogen) atoms. The lowest BCUT2D eigenvalue weighted by atomic mass is 10.1. The van der Waals surface area contributed by atoms with Gasteiger partial charge in [-0.15, -0.1) is 0 Å². The standard InChI is InChI=1S/C12H14Cl2O/c1-2-10-11(15-10)7-6-8-4-3-5-9(13)12(8)14/h3-5,10-11H,2,6-7H2,1H3. The Bertz CT molecular complexity index is 351. The van der Waals surface area contributed by atoms with Crippen LogP contribution in [0.3, 0.4) is 0 Å². The van der Waals surface area contributed by atoms with Gasteiger partial charge in [0.15, 0.2) is 0 Å². The van der Waals surface area contributed by atoms with Gasteiger partial charge in [-0.1, -0.05) is 42.3 Å². The maximum Gasteiger partial charge on any atom is 0.0845 e. The van der Waals surface area contributed by atoms with Gasteiger partial charge in [-0.05, 0) is 30.9 Å². The molecule has 0 N–H and O–H groups in total. The van der Waals surface area contributed by atoms with Gasteiger partial charge in [-0.25, -0.2) is 0 Å². The van der Waals surface area contributed by atoms with Crippen molar-refractivity contribution >= 4 is 23.2 Å². The number of rotatable bonds is 4. The van der Waals surface area contributed by atoms with Crippen LogP contribution in [0, 0.1) is 0 Å². The Kier molecular flexibility index (Phi) is 3.55. The molecule has 1 heterocycles. The molecule has 0 aromatic heterocycles. The molecule has 0 aliphatic carbocycles. The fourth-order valence-corrected chi connectivity index (χ4v) is 2.25. The molecule has 1 saturated heterocycles. The molecule has 2 rings (SSSR count). The third kappa shape index (κ3) is 2.66. The Labute approximate surface area is 100 Å². The minimum atomic E-state index is 0.435. The molecule has 1 aliphatic heterocycles. The Balaban J connectivity index is 1.91. The molecule has 0 spiro atoms. The van der Waals surface area contributed by atoms with Crippen LogP contribution < -0.4 is 0 Å². The van der Waals surface area contributed by atoms with Crippen molar-refractivity contribution in [2.45, 2.75) is 38.4 Å². The first-order valence-corrected chi connectivity index (χ1v) is 6.06. The Morgan fingerprint density at radius 3 is 2.73 bits per heavy atom. The lowest BCUT2D eigenvalue weighted by Gasteiger charge is -2.03. The Morgan fingerprint density at radius 2 is 2.07 bits per heavy atom. The maximum atomic E-state index is 6.09. The second-order valence-corrected chi connectivity index (χ2v) is 4.66. The van der Waals surface area contributed by atoms with Crippen molar-refractivity contribution in [1.82, 2.24) is 0 Å². The highest BCUT2D eigenvalue weighted by Crippen LogP contribution is 2.32. The summed E-state index contributed by atoms with van der Waals surface area (Å²) in [5.41, 5.74) is 1.12. The minimum absolute atomic E-state index is 0.435. The van der Waals surface area contributed by atoms with E-state index < -0.39 is 0 Å². The van der Waals surface area contributed by atoms with Crippen LogP contribution in [0.5, 0.6) is 0 Å². The van der Waals surface area contributed by atoms with Crippen molar-refractivity contribution < 1.29 is 4.74 Å². The molecule has 1 aromatic rings. The van der Waals surface area contributed by atoms with Crippen molar-refractivity contribution in [1.29, 1.82) is 0 Å². The molecule has 82 valence electrons.